The van der Waals surface area contributed by atoms with Crippen LogP contribution in [0.4, 0.5) is 0 Å². The van der Waals surface area contributed by atoms with E-state index in [0.29, 0.717) is 0 Å². The molecule has 9 heavy (non-hydrogen) atoms. The molecule has 0 nitrogen and oxygen atoms in total. The Labute approximate surface area is 75.1 Å². The molecule has 0 unspecified atom stereocenters. The van der Waals surface area contributed by atoms with Gasteiger partial charge in [0.15, 0.2) is 0 Å². The summed E-state index contributed by atoms with van der Waals surface area (Å²) in [5.74, 6) is 0. The topological polar surface area (TPSA) is 0 Å². The molecular weight excluding hydrogens is 329 g/mol. The van der Waals surface area contributed by atoms with Crippen LogP contribution in [0.25, 0.3) is 0 Å². The first-order valence-electron chi connectivity index (χ1n) is 2.65. The second-order valence-electron chi connectivity index (χ2n) is 1.93. The number of halogens is 1. The van der Waals surface area contributed by atoms with E-state index < -0.39 is 0 Å². The van der Waals surface area contributed by atoms with E-state index in [4.69, 9.17) is 11.6 Å². The Morgan fingerprint density at radius 1 is 1.44 bits per heavy atom. The second kappa shape index (κ2) is 2.99. The Balaban J connectivity index is 3.17. The number of aryl methyl sites for hydroxylation is 1. The summed E-state index contributed by atoms with van der Waals surface area (Å²) in [6.07, 6.45) is 0. The van der Waals surface area contributed by atoms with Gasteiger partial charge in [-0.15, -0.1) is 0 Å². The molecule has 1 rings (SSSR count). The molecule has 0 aliphatic rings. The van der Waals surface area contributed by atoms with Crippen LogP contribution in [0.5, 0.6) is 0 Å². The molecule has 1 aromatic rings. The fourth-order valence-corrected chi connectivity index (χ4v) is 1.39. The van der Waals surface area contributed by atoms with E-state index in [9.17, 15) is 0 Å². The number of benzene rings is 1. The Hall–Kier alpha value is 0.393. The molecule has 0 N–H and O–H groups in total. The van der Waals surface area contributed by atoms with Gasteiger partial charge in [0.05, 0.1) is 0 Å². The Morgan fingerprint density at radius 3 is 2.56 bits per heavy atom. The van der Waals surface area contributed by atoms with Crippen LogP contribution in [0.2, 0.25) is 5.02 Å². The van der Waals surface area contributed by atoms with Crippen LogP contribution in [0, 0.1) is 6.92 Å². The van der Waals surface area contributed by atoms with E-state index in [1.54, 1.807) is 0 Å². The van der Waals surface area contributed by atoms with Gasteiger partial charge in [0.2, 0.25) is 0 Å². The van der Waals surface area contributed by atoms with Crippen LogP contribution in [0.1, 0.15) is 5.56 Å². The molecule has 1 aromatic carbocycles. The van der Waals surface area contributed by atoms with Crippen molar-refractivity contribution in [1.29, 1.82) is 0 Å². The minimum absolute atomic E-state index is 0.835. The van der Waals surface area contributed by atoms with Gasteiger partial charge in [-0.05, 0) is 0 Å². The monoisotopic (exact) mass is 334 g/mol. The Kier molecular flexibility index (Phi) is 2.49. The molecule has 0 amide bonds. The molecule has 2 heteroatoms. The van der Waals surface area contributed by atoms with E-state index >= 15 is 0 Å². The molecule has 2 radical (unpaired) electrons. The molecule has 0 spiro atoms. The molecule has 0 aromatic heterocycles. The normalized spacial score (nSPS) is 9.67. The van der Waals surface area contributed by atoms with Crippen molar-refractivity contribution in [2.75, 3.05) is 0 Å². The molecule has 0 saturated heterocycles. The van der Waals surface area contributed by atoms with Crippen molar-refractivity contribution < 1.29 is 0 Å². The number of rotatable bonds is 0. The third kappa shape index (κ3) is 1.91. The van der Waals surface area contributed by atoms with Crippen LogP contribution >= 0.6 is 11.6 Å². The zero-order chi connectivity index (χ0) is 6.85. The van der Waals surface area contributed by atoms with Gasteiger partial charge in [-0.1, -0.05) is 0 Å². The molecule has 0 aliphatic heterocycles. The van der Waals surface area contributed by atoms with Crippen molar-refractivity contribution in [2.45, 2.75) is 6.92 Å². The van der Waals surface area contributed by atoms with Crippen molar-refractivity contribution in [3.05, 3.63) is 28.8 Å². The first-order valence-corrected chi connectivity index (χ1v) is 4.77. The molecule has 0 heterocycles. The quantitative estimate of drug-likeness (QED) is 0.630. The summed E-state index contributed by atoms with van der Waals surface area (Å²) in [7, 11) is 0. The van der Waals surface area contributed by atoms with E-state index in [0.717, 1.165) is 5.02 Å². The van der Waals surface area contributed by atoms with Crippen LogP contribution < -0.4 is 3.27 Å². The summed E-state index contributed by atoms with van der Waals surface area (Å²) in [5.41, 5.74) is 1.30. The first kappa shape index (κ1) is 7.50. The second-order valence-corrected chi connectivity index (χ2v) is 4.24. The SMILES string of the molecule is Cc1cc(Cl)cc[c]1[Bi]. The molecule has 0 fully saturated rings. The summed E-state index contributed by atoms with van der Waals surface area (Å²) in [6, 6.07) is 6.01. The fraction of sp³-hybridized carbons (Fsp3) is 0.143. The maximum absolute atomic E-state index is 5.73. The number of hydrogen-bond donors (Lipinski definition) is 0. The van der Waals surface area contributed by atoms with Crippen LogP contribution in [0.3, 0.4) is 0 Å². The Morgan fingerprint density at radius 2 is 2.11 bits per heavy atom. The van der Waals surface area contributed by atoms with Crippen molar-refractivity contribution in [2.24, 2.45) is 0 Å². The van der Waals surface area contributed by atoms with Gasteiger partial charge < -0.3 is 0 Å². The zero-order valence-electron chi connectivity index (χ0n) is 5.06. The number of hydrogen-bond acceptors (Lipinski definition) is 0. The first-order chi connectivity index (χ1) is 4.20. The molecule has 46 valence electrons. The van der Waals surface area contributed by atoms with Crippen LogP contribution in [0.15, 0.2) is 18.2 Å². The van der Waals surface area contributed by atoms with E-state index in [1.165, 1.54) is 33.6 Å². The summed E-state index contributed by atoms with van der Waals surface area (Å²) in [4.78, 5) is 0. The summed E-state index contributed by atoms with van der Waals surface area (Å²) in [5, 5.41) is 0.835. The van der Waals surface area contributed by atoms with Crippen molar-refractivity contribution >= 4 is 39.6 Å². The van der Waals surface area contributed by atoms with Crippen molar-refractivity contribution in [3.63, 3.8) is 0 Å². The molecule has 0 aliphatic carbocycles. The standard InChI is InChI=1S/C7H6Cl.Bi/c1-6-3-2-4-7(8)5-6;/h2,4-5H,1H3;. The summed E-state index contributed by atoms with van der Waals surface area (Å²) >= 11 is 7.04. The molecule has 0 saturated carbocycles. The average molecular weight is 335 g/mol. The van der Waals surface area contributed by atoms with E-state index in [-0.39, 0.29) is 0 Å². The minimum atomic E-state index is 0.835. The van der Waals surface area contributed by atoms with Gasteiger partial charge in [-0.25, -0.2) is 0 Å². The third-order valence-corrected chi connectivity index (χ3v) is 3.34. The van der Waals surface area contributed by atoms with Crippen molar-refractivity contribution in [3.8, 4) is 0 Å². The maximum atomic E-state index is 5.73. The van der Waals surface area contributed by atoms with Gasteiger partial charge in [-0.2, -0.15) is 0 Å². The molecule has 0 atom stereocenters. The predicted molar refractivity (Wildman–Crippen MR) is 41.6 cm³/mol. The van der Waals surface area contributed by atoms with Gasteiger partial charge in [0, 0.05) is 0 Å². The zero-order valence-corrected chi connectivity index (χ0v) is 9.29. The summed E-state index contributed by atoms with van der Waals surface area (Å²) < 4.78 is 1.40. The molecule has 0 bridgehead atoms. The Bertz CT molecular complexity index is 220. The van der Waals surface area contributed by atoms with Gasteiger partial charge in [0.25, 0.3) is 0 Å². The van der Waals surface area contributed by atoms with E-state index in [2.05, 4.69) is 13.0 Å². The summed E-state index contributed by atoms with van der Waals surface area (Å²) in [6.45, 7) is 2.08. The van der Waals surface area contributed by atoms with E-state index in [1.807, 2.05) is 12.1 Å². The van der Waals surface area contributed by atoms with Gasteiger partial charge >= 0.3 is 75.3 Å². The van der Waals surface area contributed by atoms with Crippen molar-refractivity contribution in [1.82, 2.24) is 0 Å². The fourth-order valence-electron chi connectivity index (χ4n) is 0.619. The molecular formula is C7H6BiCl. The average Bonchev–Trinajstić information content (AvgIpc) is 1.80. The van der Waals surface area contributed by atoms with Gasteiger partial charge in [-0.3, -0.25) is 0 Å². The van der Waals surface area contributed by atoms with Gasteiger partial charge in [0.1, 0.15) is 0 Å². The predicted octanol–water partition coefficient (Wildman–Crippen LogP) is 1.44. The van der Waals surface area contributed by atoms with Crippen LogP contribution in [-0.4, -0.2) is 24.7 Å². The third-order valence-electron chi connectivity index (χ3n) is 1.16. The van der Waals surface area contributed by atoms with Crippen LogP contribution in [-0.2, 0) is 0 Å².